The van der Waals surface area contributed by atoms with Gasteiger partial charge in [0.05, 0.1) is 12.5 Å². The number of aryl methyl sites for hydroxylation is 1. The van der Waals surface area contributed by atoms with Crippen LogP contribution in [0.5, 0.6) is 5.75 Å². The molecule has 1 N–H and O–H groups in total. The van der Waals surface area contributed by atoms with Crippen molar-refractivity contribution in [1.82, 2.24) is 4.90 Å². The SMILES string of the molecule is COc1ccccc1CCC(=O)N1CC[C@@](C)(C(=O)O)C1. The van der Waals surface area contributed by atoms with Gasteiger partial charge < -0.3 is 14.7 Å². The Morgan fingerprint density at radius 2 is 2.10 bits per heavy atom. The molecule has 1 aromatic rings. The fourth-order valence-corrected chi connectivity index (χ4v) is 2.66. The van der Waals surface area contributed by atoms with Crippen molar-refractivity contribution in [3.63, 3.8) is 0 Å². The third kappa shape index (κ3) is 3.35. The summed E-state index contributed by atoms with van der Waals surface area (Å²) >= 11 is 0. The first-order valence-corrected chi connectivity index (χ1v) is 7.09. The summed E-state index contributed by atoms with van der Waals surface area (Å²) in [6.07, 6.45) is 1.49. The predicted molar refractivity (Wildman–Crippen MR) is 78.3 cm³/mol. The number of methoxy groups -OCH3 is 1. The number of rotatable bonds is 5. The molecule has 0 saturated carbocycles. The van der Waals surface area contributed by atoms with E-state index in [2.05, 4.69) is 0 Å². The average molecular weight is 291 g/mol. The lowest BCUT2D eigenvalue weighted by molar-refractivity contribution is -0.147. The molecule has 0 aromatic heterocycles. The molecular formula is C16H21NO4. The highest BCUT2D eigenvalue weighted by Gasteiger charge is 2.41. The molecule has 1 saturated heterocycles. The van der Waals surface area contributed by atoms with Crippen molar-refractivity contribution in [1.29, 1.82) is 0 Å². The molecular weight excluding hydrogens is 270 g/mol. The number of carbonyl (C=O) groups excluding carboxylic acids is 1. The zero-order chi connectivity index (χ0) is 15.5. The molecule has 114 valence electrons. The van der Waals surface area contributed by atoms with Crippen LogP contribution in [0.1, 0.15) is 25.3 Å². The van der Waals surface area contributed by atoms with Crippen LogP contribution in [0.25, 0.3) is 0 Å². The number of hydrogen-bond donors (Lipinski definition) is 1. The van der Waals surface area contributed by atoms with Gasteiger partial charge in [0.25, 0.3) is 0 Å². The van der Waals surface area contributed by atoms with Crippen molar-refractivity contribution >= 4 is 11.9 Å². The third-order valence-electron chi connectivity index (χ3n) is 4.14. The number of hydrogen-bond acceptors (Lipinski definition) is 3. The number of ether oxygens (including phenoxy) is 1. The van der Waals surface area contributed by atoms with Crippen molar-refractivity contribution in [3.8, 4) is 5.75 Å². The van der Waals surface area contributed by atoms with Crippen molar-refractivity contribution < 1.29 is 19.4 Å². The first kappa shape index (κ1) is 15.4. The van der Waals surface area contributed by atoms with E-state index in [4.69, 9.17) is 4.74 Å². The van der Waals surface area contributed by atoms with Crippen LogP contribution in [-0.4, -0.2) is 42.1 Å². The minimum Gasteiger partial charge on any atom is -0.496 e. The zero-order valence-electron chi connectivity index (χ0n) is 12.5. The van der Waals surface area contributed by atoms with Crippen LogP contribution >= 0.6 is 0 Å². The smallest absolute Gasteiger partial charge is 0.311 e. The fourth-order valence-electron chi connectivity index (χ4n) is 2.66. The second-order valence-corrected chi connectivity index (χ2v) is 5.74. The molecule has 21 heavy (non-hydrogen) atoms. The van der Waals surface area contributed by atoms with E-state index in [0.717, 1.165) is 11.3 Å². The molecule has 2 rings (SSSR count). The average Bonchev–Trinajstić information content (AvgIpc) is 2.89. The molecule has 1 amide bonds. The van der Waals surface area contributed by atoms with E-state index < -0.39 is 11.4 Å². The summed E-state index contributed by atoms with van der Waals surface area (Å²) in [5, 5.41) is 9.19. The largest absolute Gasteiger partial charge is 0.496 e. The number of amides is 1. The van der Waals surface area contributed by atoms with Crippen molar-refractivity contribution in [2.24, 2.45) is 5.41 Å². The number of carboxylic acid groups (broad SMARTS) is 1. The molecule has 5 nitrogen and oxygen atoms in total. The van der Waals surface area contributed by atoms with E-state index in [9.17, 15) is 14.7 Å². The van der Waals surface area contributed by atoms with Crippen molar-refractivity contribution in [2.45, 2.75) is 26.2 Å². The number of likely N-dealkylation sites (tertiary alicyclic amines) is 1. The van der Waals surface area contributed by atoms with Crippen molar-refractivity contribution in [3.05, 3.63) is 29.8 Å². The molecule has 1 heterocycles. The minimum absolute atomic E-state index is 0.00545. The van der Waals surface area contributed by atoms with Crippen LogP contribution in [0, 0.1) is 5.41 Å². The molecule has 5 heteroatoms. The maximum absolute atomic E-state index is 12.2. The van der Waals surface area contributed by atoms with E-state index in [0.29, 0.717) is 32.4 Å². The summed E-state index contributed by atoms with van der Waals surface area (Å²) in [4.78, 5) is 25.1. The molecule has 1 atom stereocenters. The number of carbonyl (C=O) groups is 2. The number of nitrogens with zero attached hydrogens (tertiary/aromatic N) is 1. The first-order chi connectivity index (χ1) is 9.96. The fraction of sp³-hybridized carbons (Fsp3) is 0.500. The highest BCUT2D eigenvalue weighted by molar-refractivity contribution is 5.80. The van der Waals surface area contributed by atoms with E-state index in [1.165, 1.54) is 0 Å². The Hall–Kier alpha value is -2.04. The second kappa shape index (κ2) is 6.16. The van der Waals surface area contributed by atoms with Crippen LogP contribution in [0.3, 0.4) is 0 Å². The van der Waals surface area contributed by atoms with Crippen molar-refractivity contribution in [2.75, 3.05) is 20.2 Å². The Balaban J connectivity index is 1.93. The van der Waals surface area contributed by atoms with Gasteiger partial charge in [-0.1, -0.05) is 18.2 Å². The van der Waals surface area contributed by atoms with Gasteiger partial charge in [-0.2, -0.15) is 0 Å². The molecule has 1 fully saturated rings. The number of benzene rings is 1. The number of para-hydroxylation sites is 1. The number of carboxylic acids is 1. The van der Waals surface area contributed by atoms with Gasteiger partial charge in [-0.25, -0.2) is 0 Å². The molecule has 0 bridgehead atoms. The maximum Gasteiger partial charge on any atom is 0.311 e. The van der Waals surface area contributed by atoms with E-state index in [1.807, 2.05) is 24.3 Å². The molecule has 0 spiro atoms. The molecule has 1 aliphatic rings. The van der Waals surface area contributed by atoms with E-state index >= 15 is 0 Å². The molecule has 1 aliphatic heterocycles. The standard InChI is InChI=1S/C16H21NO4/c1-16(15(19)20)9-10-17(11-16)14(18)8-7-12-5-3-4-6-13(12)21-2/h3-6H,7-11H2,1-2H3,(H,19,20)/t16-/m1/s1. The van der Waals surface area contributed by atoms with E-state index in [1.54, 1.807) is 18.9 Å². The summed E-state index contributed by atoms with van der Waals surface area (Å²) in [7, 11) is 1.61. The Kier molecular flexibility index (Phi) is 4.50. The molecule has 0 radical (unpaired) electrons. The van der Waals surface area contributed by atoms with Gasteiger partial charge in [0, 0.05) is 19.5 Å². The summed E-state index contributed by atoms with van der Waals surface area (Å²) in [5.41, 5.74) is 0.189. The minimum atomic E-state index is -0.831. The van der Waals surface area contributed by atoms with Gasteiger partial charge in [-0.15, -0.1) is 0 Å². The Morgan fingerprint density at radius 1 is 1.38 bits per heavy atom. The Bertz CT molecular complexity index is 543. The topological polar surface area (TPSA) is 66.8 Å². The lowest BCUT2D eigenvalue weighted by Gasteiger charge is -2.20. The monoisotopic (exact) mass is 291 g/mol. The summed E-state index contributed by atoms with van der Waals surface area (Å²) < 4.78 is 5.27. The highest BCUT2D eigenvalue weighted by Crippen LogP contribution is 2.30. The van der Waals surface area contributed by atoms with Gasteiger partial charge in [0.1, 0.15) is 5.75 Å². The normalized spacial score (nSPS) is 21.3. The lowest BCUT2D eigenvalue weighted by atomic mass is 9.90. The molecule has 1 aromatic carbocycles. The predicted octanol–water partition coefficient (Wildman–Crippen LogP) is 1.95. The van der Waals surface area contributed by atoms with Gasteiger partial charge >= 0.3 is 5.97 Å². The summed E-state index contributed by atoms with van der Waals surface area (Å²) in [6, 6.07) is 7.62. The lowest BCUT2D eigenvalue weighted by Crippen LogP contribution is -2.34. The summed E-state index contributed by atoms with van der Waals surface area (Å²) in [6.45, 7) is 2.52. The third-order valence-corrected chi connectivity index (χ3v) is 4.14. The highest BCUT2D eigenvalue weighted by atomic mass is 16.5. The van der Waals surface area contributed by atoms with Gasteiger partial charge in [0.15, 0.2) is 0 Å². The van der Waals surface area contributed by atoms with Crippen LogP contribution in [0.4, 0.5) is 0 Å². The van der Waals surface area contributed by atoms with Crippen LogP contribution in [-0.2, 0) is 16.0 Å². The van der Waals surface area contributed by atoms with Gasteiger partial charge in [0.2, 0.25) is 5.91 Å². The second-order valence-electron chi connectivity index (χ2n) is 5.74. The molecule has 0 aliphatic carbocycles. The zero-order valence-corrected chi connectivity index (χ0v) is 12.5. The maximum atomic E-state index is 12.2. The van der Waals surface area contributed by atoms with Gasteiger partial charge in [-0.3, -0.25) is 9.59 Å². The van der Waals surface area contributed by atoms with Crippen LogP contribution in [0.2, 0.25) is 0 Å². The number of aliphatic carboxylic acids is 1. The van der Waals surface area contributed by atoms with Gasteiger partial charge in [-0.05, 0) is 31.4 Å². The summed E-state index contributed by atoms with van der Waals surface area (Å²) in [5.74, 6) is -0.0458. The first-order valence-electron chi connectivity index (χ1n) is 7.09. The Morgan fingerprint density at radius 3 is 2.71 bits per heavy atom. The van der Waals surface area contributed by atoms with E-state index in [-0.39, 0.29) is 5.91 Å². The van der Waals surface area contributed by atoms with Crippen LogP contribution in [0.15, 0.2) is 24.3 Å². The Labute approximate surface area is 124 Å². The quantitative estimate of drug-likeness (QED) is 0.900. The van der Waals surface area contributed by atoms with Crippen LogP contribution < -0.4 is 4.74 Å². The molecule has 0 unspecified atom stereocenters.